The number of carbonyl (C=O) groups excluding carboxylic acids is 1. The summed E-state index contributed by atoms with van der Waals surface area (Å²) in [5.74, 6) is 1.83. The van der Waals surface area contributed by atoms with Crippen molar-refractivity contribution < 1.29 is 14.7 Å². The summed E-state index contributed by atoms with van der Waals surface area (Å²) in [6, 6.07) is 0.611. The van der Waals surface area contributed by atoms with E-state index < -0.39 is 5.97 Å². The van der Waals surface area contributed by atoms with Gasteiger partial charge >= 0.3 is 5.97 Å². The fourth-order valence-electron chi connectivity index (χ4n) is 4.17. The predicted octanol–water partition coefficient (Wildman–Crippen LogP) is 1.87. The molecule has 0 spiro atoms. The summed E-state index contributed by atoms with van der Waals surface area (Å²) in [4.78, 5) is 25.7. The molecule has 0 aromatic rings. The Kier molecular flexibility index (Phi) is 4.08. The fraction of sp³-hybridized carbons (Fsp3) is 0.889. The maximum Gasteiger partial charge on any atom is 0.317 e. The molecule has 23 heavy (non-hydrogen) atoms. The first-order valence-electron chi connectivity index (χ1n) is 9.36. The SMILES string of the molecule is O=C(O)CN(CC1CC1)C1CC(NC(=O)C(C2CC2)C2CC2)C1. The van der Waals surface area contributed by atoms with Crippen molar-refractivity contribution >= 4 is 11.9 Å². The Morgan fingerprint density at radius 3 is 2.13 bits per heavy atom. The van der Waals surface area contributed by atoms with Gasteiger partial charge in [0.2, 0.25) is 5.91 Å². The molecule has 0 aromatic carbocycles. The molecule has 0 bridgehead atoms. The first-order chi connectivity index (χ1) is 11.1. The van der Waals surface area contributed by atoms with E-state index in [9.17, 15) is 9.59 Å². The molecule has 4 rings (SSSR count). The minimum atomic E-state index is -0.735. The van der Waals surface area contributed by atoms with Crippen molar-refractivity contribution in [3.63, 3.8) is 0 Å². The van der Waals surface area contributed by atoms with Crippen molar-refractivity contribution in [2.45, 2.75) is 63.5 Å². The van der Waals surface area contributed by atoms with Gasteiger partial charge in [0.15, 0.2) is 0 Å². The smallest absolute Gasteiger partial charge is 0.317 e. The Bertz CT molecular complexity index is 465. The average molecular weight is 320 g/mol. The molecule has 128 valence electrons. The fourth-order valence-corrected chi connectivity index (χ4v) is 4.17. The van der Waals surface area contributed by atoms with Crippen LogP contribution >= 0.6 is 0 Å². The van der Waals surface area contributed by atoms with Gasteiger partial charge in [0.05, 0.1) is 6.54 Å². The quantitative estimate of drug-likeness (QED) is 0.680. The number of hydrogen-bond acceptors (Lipinski definition) is 3. The van der Waals surface area contributed by atoms with Crippen LogP contribution in [-0.4, -0.2) is 47.1 Å². The first kappa shape index (κ1) is 15.4. The number of hydrogen-bond donors (Lipinski definition) is 2. The van der Waals surface area contributed by atoms with Gasteiger partial charge < -0.3 is 10.4 Å². The van der Waals surface area contributed by atoms with Crippen molar-refractivity contribution in [2.24, 2.45) is 23.7 Å². The molecule has 4 aliphatic carbocycles. The molecule has 4 saturated carbocycles. The van der Waals surface area contributed by atoms with Crippen LogP contribution in [0.4, 0.5) is 0 Å². The Balaban J connectivity index is 1.24. The zero-order valence-electron chi connectivity index (χ0n) is 13.7. The van der Waals surface area contributed by atoms with Crippen molar-refractivity contribution in [3.05, 3.63) is 0 Å². The molecule has 0 unspecified atom stereocenters. The molecule has 4 fully saturated rings. The van der Waals surface area contributed by atoms with Gasteiger partial charge in [-0.15, -0.1) is 0 Å². The van der Waals surface area contributed by atoms with E-state index >= 15 is 0 Å². The van der Waals surface area contributed by atoms with Crippen molar-refractivity contribution in [1.29, 1.82) is 0 Å². The monoisotopic (exact) mass is 320 g/mol. The lowest BCUT2D eigenvalue weighted by Crippen LogP contribution is -2.56. The van der Waals surface area contributed by atoms with Gasteiger partial charge in [-0.25, -0.2) is 0 Å². The molecule has 5 nitrogen and oxygen atoms in total. The predicted molar refractivity (Wildman–Crippen MR) is 85.8 cm³/mol. The number of rotatable bonds is 9. The molecular weight excluding hydrogens is 292 g/mol. The summed E-state index contributed by atoms with van der Waals surface area (Å²) in [6.07, 6.45) is 9.26. The van der Waals surface area contributed by atoms with Crippen LogP contribution in [0.3, 0.4) is 0 Å². The third-order valence-electron chi connectivity index (χ3n) is 6.07. The zero-order chi connectivity index (χ0) is 16.0. The molecule has 0 atom stereocenters. The highest BCUT2D eigenvalue weighted by Gasteiger charge is 2.47. The number of nitrogens with one attached hydrogen (secondary N) is 1. The van der Waals surface area contributed by atoms with Gasteiger partial charge in [-0.05, 0) is 69.1 Å². The van der Waals surface area contributed by atoms with Gasteiger partial charge in [-0.1, -0.05) is 0 Å². The van der Waals surface area contributed by atoms with Crippen LogP contribution in [0, 0.1) is 23.7 Å². The minimum Gasteiger partial charge on any atom is -0.480 e. The van der Waals surface area contributed by atoms with Gasteiger partial charge in [0, 0.05) is 24.5 Å². The number of nitrogens with zero attached hydrogens (tertiary/aromatic N) is 1. The van der Waals surface area contributed by atoms with Gasteiger partial charge in [0.25, 0.3) is 0 Å². The zero-order valence-corrected chi connectivity index (χ0v) is 13.7. The maximum absolute atomic E-state index is 12.5. The van der Waals surface area contributed by atoms with E-state index in [2.05, 4.69) is 10.2 Å². The average Bonchev–Trinajstić information content (AvgIpc) is 3.30. The van der Waals surface area contributed by atoms with Gasteiger partial charge in [-0.2, -0.15) is 0 Å². The summed E-state index contributed by atoms with van der Waals surface area (Å²) < 4.78 is 0. The summed E-state index contributed by atoms with van der Waals surface area (Å²) in [7, 11) is 0. The molecule has 1 amide bonds. The Morgan fingerprint density at radius 1 is 1.04 bits per heavy atom. The van der Waals surface area contributed by atoms with E-state index in [-0.39, 0.29) is 24.4 Å². The molecule has 0 saturated heterocycles. The number of carboxylic acids is 1. The van der Waals surface area contributed by atoms with E-state index in [0.29, 0.717) is 23.8 Å². The van der Waals surface area contributed by atoms with E-state index in [4.69, 9.17) is 5.11 Å². The van der Waals surface area contributed by atoms with Gasteiger partial charge in [-0.3, -0.25) is 14.5 Å². The highest BCUT2D eigenvalue weighted by Crippen LogP contribution is 2.49. The lowest BCUT2D eigenvalue weighted by molar-refractivity contribution is -0.140. The summed E-state index contributed by atoms with van der Waals surface area (Å²) in [5.41, 5.74) is 0. The van der Waals surface area contributed by atoms with Crippen LogP contribution in [-0.2, 0) is 9.59 Å². The van der Waals surface area contributed by atoms with Crippen molar-refractivity contribution in [2.75, 3.05) is 13.1 Å². The number of aliphatic carboxylic acids is 1. The van der Waals surface area contributed by atoms with E-state index in [0.717, 1.165) is 19.4 Å². The first-order valence-corrected chi connectivity index (χ1v) is 9.36. The van der Waals surface area contributed by atoms with E-state index in [1.165, 1.54) is 38.5 Å². The second kappa shape index (κ2) is 6.08. The van der Waals surface area contributed by atoms with Crippen LogP contribution in [0.15, 0.2) is 0 Å². The standard InChI is InChI=1S/C18H28N2O3/c21-16(22)10-20(9-11-1-2-11)15-7-14(8-15)19-18(23)17(12-3-4-12)13-5-6-13/h11-15,17H,1-10H2,(H,19,23)(H,21,22). The molecule has 5 heteroatoms. The van der Waals surface area contributed by atoms with Crippen molar-refractivity contribution in [1.82, 2.24) is 10.2 Å². The van der Waals surface area contributed by atoms with Crippen LogP contribution < -0.4 is 5.32 Å². The summed E-state index contributed by atoms with van der Waals surface area (Å²) in [5, 5.41) is 12.3. The largest absolute Gasteiger partial charge is 0.480 e. The number of carboxylic acid groups (broad SMARTS) is 1. The van der Waals surface area contributed by atoms with Crippen LogP contribution in [0.2, 0.25) is 0 Å². The van der Waals surface area contributed by atoms with E-state index in [1.54, 1.807) is 0 Å². The van der Waals surface area contributed by atoms with Gasteiger partial charge in [0.1, 0.15) is 0 Å². The molecule has 0 aromatic heterocycles. The second-order valence-electron chi connectivity index (χ2n) is 8.30. The van der Waals surface area contributed by atoms with E-state index in [1.807, 2.05) is 0 Å². The highest BCUT2D eigenvalue weighted by atomic mass is 16.4. The molecule has 2 N–H and O–H groups in total. The minimum absolute atomic E-state index is 0.147. The molecule has 0 heterocycles. The summed E-state index contributed by atoms with van der Waals surface area (Å²) in [6.45, 7) is 1.07. The Labute approximate surface area is 137 Å². The van der Waals surface area contributed by atoms with Crippen LogP contribution in [0.25, 0.3) is 0 Å². The Hall–Kier alpha value is -1.10. The lowest BCUT2D eigenvalue weighted by Gasteiger charge is -2.43. The number of carbonyl (C=O) groups is 2. The lowest BCUT2D eigenvalue weighted by atomic mass is 9.84. The molecular formula is C18H28N2O3. The summed E-state index contributed by atoms with van der Waals surface area (Å²) >= 11 is 0. The Morgan fingerprint density at radius 2 is 1.65 bits per heavy atom. The van der Waals surface area contributed by atoms with Crippen LogP contribution in [0.5, 0.6) is 0 Å². The maximum atomic E-state index is 12.5. The molecule has 0 radical (unpaired) electrons. The highest BCUT2D eigenvalue weighted by molar-refractivity contribution is 5.80. The molecule has 0 aliphatic heterocycles. The molecule has 4 aliphatic rings. The third kappa shape index (κ3) is 3.87. The topological polar surface area (TPSA) is 69.6 Å². The van der Waals surface area contributed by atoms with Crippen molar-refractivity contribution in [3.8, 4) is 0 Å². The normalized spacial score (nSPS) is 30.3. The second-order valence-corrected chi connectivity index (χ2v) is 8.30. The number of amides is 1. The van der Waals surface area contributed by atoms with Crippen LogP contribution in [0.1, 0.15) is 51.4 Å². The third-order valence-corrected chi connectivity index (χ3v) is 6.07.